The second-order valence-electron chi connectivity index (χ2n) is 4.25. The van der Waals surface area contributed by atoms with Crippen molar-refractivity contribution in [1.82, 2.24) is 4.90 Å². The number of hydrogen-bond acceptors (Lipinski definition) is 2. The summed E-state index contributed by atoms with van der Waals surface area (Å²) < 4.78 is 0. The summed E-state index contributed by atoms with van der Waals surface area (Å²) in [5.41, 5.74) is 5.33. The summed E-state index contributed by atoms with van der Waals surface area (Å²) in [6.07, 6.45) is 3.25. The molecule has 0 aromatic heterocycles. The normalized spacial score (nSPS) is 11.2. The topological polar surface area (TPSA) is 53.1 Å². The molecule has 84 valence electrons. The van der Waals surface area contributed by atoms with Crippen LogP contribution >= 0.6 is 0 Å². The summed E-state index contributed by atoms with van der Waals surface area (Å²) in [5, 5.41) is 7.16. The maximum absolute atomic E-state index is 7.16. The second kappa shape index (κ2) is 7.80. The summed E-state index contributed by atoms with van der Waals surface area (Å²) in [6, 6.07) is 0. The molecule has 0 radical (unpaired) electrons. The first-order chi connectivity index (χ1) is 6.56. The van der Waals surface area contributed by atoms with E-state index in [9.17, 15) is 0 Å². The second-order valence-corrected chi connectivity index (χ2v) is 4.25. The van der Waals surface area contributed by atoms with E-state index < -0.39 is 0 Å². The minimum Gasteiger partial charge on any atom is -0.388 e. The average molecular weight is 199 g/mol. The van der Waals surface area contributed by atoms with Gasteiger partial charge in [-0.05, 0) is 31.8 Å². The van der Waals surface area contributed by atoms with Gasteiger partial charge in [-0.3, -0.25) is 5.41 Å². The predicted octanol–water partition coefficient (Wildman–Crippen LogP) is 2.07. The van der Waals surface area contributed by atoms with Gasteiger partial charge < -0.3 is 10.6 Å². The molecule has 0 saturated heterocycles. The molecule has 0 bridgehead atoms. The molecule has 0 aromatic rings. The van der Waals surface area contributed by atoms with Gasteiger partial charge in [0.1, 0.15) is 0 Å². The molecule has 3 nitrogen and oxygen atoms in total. The lowest BCUT2D eigenvalue weighted by Crippen LogP contribution is -2.28. The predicted molar refractivity (Wildman–Crippen MR) is 62.7 cm³/mol. The van der Waals surface area contributed by atoms with E-state index in [-0.39, 0.29) is 0 Å². The molecule has 0 aliphatic rings. The number of nitrogens with one attached hydrogen (secondary N) is 1. The Kier molecular flexibility index (Phi) is 7.48. The molecule has 3 heteroatoms. The van der Waals surface area contributed by atoms with Crippen molar-refractivity contribution in [3.63, 3.8) is 0 Å². The van der Waals surface area contributed by atoms with Gasteiger partial charge in [-0.2, -0.15) is 0 Å². The Hall–Kier alpha value is -0.570. The van der Waals surface area contributed by atoms with E-state index in [1.54, 1.807) is 0 Å². The molecule has 0 aliphatic carbocycles. The Morgan fingerprint density at radius 2 is 2.00 bits per heavy atom. The van der Waals surface area contributed by atoms with Crippen molar-refractivity contribution >= 4 is 5.84 Å². The molecule has 0 heterocycles. The van der Waals surface area contributed by atoms with Crippen LogP contribution in [0.5, 0.6) is 0 Å². The summed E-state index contributed by atoms with van der Waals surface area (Å²) in [4.78, 5) is 2.36. The minimum absolute atomic E-state index is 0.298. The van der Waals surface area contributed by atoms with Crippen molar-refractivity contribution in [2.24, 2.45) is 11.7 Å². The van der Waals surface area contributed by atoms with Gasteiger partial charge in [0.2, 0.25) is 0 Å². The van der Waals surface area contributed by atoms with Crippen LogP contribution in [-0.4, -0.2) is 30.4 Å². The maximum atomic E-state index is 7.16. The smallest absolute Gasteiger partial charge is 0.0918 e. The molecule has 0 atom stereocenters. The summed E-state index contributed by atoms with van der Waals surface area (Å²) >= 11 is 0. The van der Waals surface area contributed by atoms with Crippen LogP contribution in [0.3, 0.4) is 0 Å². The van der Waals surface area contributed by atoms with E-state index >= 15 is 0 Å². The van der Waals surface area contributed by atoms with Gasteiger partial charge in [0.25, 0.3) is 0 Å². The Labute approximate surface area is 88.2 Å². The van der Waals surface area contributed by atoms with E-state index in [0.717, 1.165) is 25.6 Å². The van der Waals surface area contributed by atoms with Gasteiger partial charge >= 0.3 is 0 Å². The highest BCUT2D eigenvalue weighted by atomic mass is 15.1. The molecule has 14 heavy (non-hydrogen) atoms. The van der Waals surface area contributed by atoms with E-state index in [2.05, 4.69) is 25.7 Å². The SMILES string of the molecule is CCN(CCCC(C)C)CCC(=N)N. The first-order valence-corrected chi connectivity index (χ1v) is 5.61. The zero-order chi connectivity index (χ0) is 11.0. The van der Waals surface area contributed by atoms with Crippen LogP contribution in [0.25, 0.3) is 0 Å². The fraction of sp³-hybridized carbons (Fsp3) is 0.909. The quantitative estimate of drug-likeness (QED) is 0.464. The van der Waals surface area contributed by atoms with Crippen molar-refractivity contribution in [3.05, 3.63) is 0 Å². The number of nitrogens with two attached hydrogens (primary N) is 1. The molecule has 0 fully saturated rings. The average Bonchev–Trinajstić information content (AvgIpc) is 2.10. The molecule has 0 amide bonds. The van der Waals surface area contributed by atoms with Crippen molar-refractivity contribution in [3.8, 4) is 0 Å². The van der Waals surface area contributed by atoms with Crippen LogP contribution < -0.4 is 5.73 Å². The fourth-order valence-electron chi connectivity index (χ4n) is 1.43. The molecule has 0 unspecified atom stereocenters. The summed E-state index contributed by atoms with van der Waals surface area (Å²) in [5.74, 6) is 1.09. The highest BCUT2D eigenvalue weighted by molar-refractivity contribution is 5.76. The van der Waals surface area contributed by atoms with Crippen molar-refractivity contribution < 1.29 is 0 Å². The van der Waals surface area contributed by atoms with E-state index in [4.69, 9.17) is 11.1 Å². The largest absolute Gasteiger partial charge is 0.388 e. The zero-order valence-electron chi connectivity index (χ0n) is 9.84. The minimum atomic E-state index is 0.298. The van der Waals surface area contributed by atoms with E-state index in [1.807, 2.05) is 0 Å². The number of amidine groups is 1. The van der Waals surface area contributed by atoms with Gasteiger partial charge in [-0.25, -0.2) is 0 Å². The molecule has 0 spiro atoms. The van der Waals surface area contributed by atoms with Gasteiger partial charge in [0.15, 0.2) is 0 Å². The summed E-state index contributed by atoms with van der Waals surface area (Å²) in [7, 11) is 0. The van der Waals surface area contributed by atoms with E-state index in [1.165, 1.54) is 12.8 Å². The van der Waals surface area contributed by atoms with Gasteiger partial charge in [-0.15, -0.1) is 0 Å². The Bertz CT molecular complexity index is 155. The lowest BCUT2D eigenvalue weighted by molar-refractivity contribution is 0.283. The molecule has 0 saturated carbocycles. The molecule has 0 rings (SSSR count). The van der Waals surface area contributed by atoms with Gasteiger partial charge in [0, 0.05) is 13.0 Å². The van der Waals surface area contributed by atoms with Gasteiger partial charge in [-0.1, -0.05) is 20.8 Å². The number of nitrogens with zero attached hydrogens (tertiary/aromatic N) is 1. The molecule has 0 aliphatic heterocycles. The van der Waals surface area contributed by atoms with Crippen LogP contribution in [0.15, 0.2) is 0 Å². The third-order valence-corrected chi connectivity index (χ3v) is 2.40. The molecule has 0 aromatic carbocycles. The first kappa shape index (κ1) is 13.4. The first-order valence-electron chi connectivity index (χ1n) is 5.61. The van der Waals surface area contributed by atoms with Crippen molar-refractivity contribution in [2.45, 2.75) is 40.0 Å². The van der Waals surface area contributed by atoms with Crippen molar-refractivity contribution in [1.29, 1.82) is 5.41 Å². The standard InChI is InChI=1S/C11H25N3/c1-4-14(9-7-11(12)13)8-5-6-10(2)3/h10H,4-9H2,1-3H3,(H3,12,13). The Morgan fingerprint density at radius 1 is 1.36 bits per heavy atom. The molecule has 3 N–H and O–H groups in total. The van der Waals surface area contributed by atoms with Crippen LogP contribution in [-0.2, 0) is 0 Å². The molecular formula is C11H25N3. The number of hydrogen-bond donors (Lipinski definition) is 2. The molecular weight excluding hydrogens is 174 g/mol. The zero-order valence-corrected chi connectivity index (χ0v) is 9.84. The van der Waals surface area contributed by atoms with Crippen molar-refractivity contribution in [2.75, 3.05) is 19.6 Å². The van der Waals surface area contributed by atoms with Crippen LogP contribution in [0.2, 0.25) is 0 Å². The highest BCUT2D eigenvalue weighted by Crippen LogP contribution is 2.04. The van der Waals surface area contributed by atoms with Gasteiger partial charge in [0.05, 0.1) is 5.84 Å². The van der Waals surface area contributed by atoms with Crippen LogP contribution in [0.4, 0.5) is 0 Å². The summed E-state index contributed by atoms with van der Waals surface area (Å²) in [6.45, 7) is 9.81. The lowest BCUT2D eigenvalue weighted by atomic mass is 10.1. The Morgan fingerprint density at radius 3 is 2.43 bits per heavy atom. The third kappa shape index (κ3) is 8.05. The number of rotatable bonds is 8. The monoisotopic (exact) mass is 199 g/mol. The lowest BCUT2D eigenvalue weighted by Gasteiger charge is -2.20. The Balaban J connectivity index is 3.52. The van der Waals surface area contributed by atoms with E-state index in [0.29, 0.717) is 12.3 Å². The fourth-order valence-corrected chi connectivity index (χ4v) is 1.43. The third-order valence-electron chi connectivity index (χ3n) is 2.40. The maximum Gasteiger partial charge on any atom is 0.0918 e. The van der Waals surface area contributed by atoms with Crippen LogP contribution in [0, 0.1) is 11.3 Å². The highest BCUT2D eigenvalue weighted by Gasteiger charge is 2.03. The van der Waals surface area contributed by atoms with Crippen LogP contribution in [0.1, 0.15) is 40.0 Å².